The number of nitrogens with one attached hydrogen (secondary N) is 1. The molecule has 1 atom stereocenters. The number of hydrogen-bond acceptors (Lipinski definition) is 10. The Bertz CT molecular complexity index is 1620. The van der Waals surface area contributed by atoms with Gasteiger partial charge in [0.2, 0.25) is 23.7 Å². The summed E-state index contributed by atoms with van der Waals surface area (Å²) in [5.41, 5.74) is 3.45. The Morgan fingerprint density at radius 1 is 0.884 bits per heavy atom. The second-order valence-electron chi connectivity index (χ2n) is 11.0. The van der Waals surface area contributed by atoms with E-state index in [1.807, 2.05) is 30.1 Å². The lowest BCUT2D eigenvalue weighted by Gasteiger charge is -2.37. The fourth-order valence-electron chi connectivity index (χ4n) is 5.98. The number of halogens is 4. The average molecular weight is 615 g/mol. The Morgan fingerprint density at radius 3 is 2.30 bits per heavy atom. The van der Waals surface area contributed by atoms with E-state index in [0.29, 0.717) is 82.0 Å². The highest BCUT2D eigenvalue weighted by atomic mass is 35.5. The summed E-state index contributed by atoms with van der Waals surface area (Å²) in [6, 6.07) is 5.05. The predicted molar refractivity (Wildman–Crippen MR) is 156 cm³/mol. The van der Waals surface area contributed by atoms with Crippen LogP contribution in [-0.2, 0) is 17.3 Å². The van der Waals surface area contributed by atoms with Gasteiger partial charge in [0, 0.05) is 85.4 Å². The molecule has 4 aromatic rings. The second kappa shape index (κ2) is 11.1. The maximum absolute atomic E-state index is 14.2. The first-order valence-corrected chi connectivity index (χ1v) is 14.6. The number of aromatic nitrogens is 6. The van der Waals surface area contributed by atoms with Gasteiger partial charge in [-0.25, -0.2) is 9.97 Å². The summed E-state index contributed by atoms with van der Waals surface area (Å²) in [7, 11) is 1.98. The monoisotopic (exact) mass is 614 g/mol. The third kappa shape index (κ3) is 5.43. The summed E-state index contributed by atoms with van der Waals surface area (Å²) in [5.74, 6) is -0.647. The summed E-state index contributed by atoms with van der Waals surface area (Å²) >= 11 is 6.35. The Labute approximate surface area is 250 Å². The van der Waals surface area contributed by atoms with E-state index in [2.05, 4.69) is 34.8 Å². The Kier molecular flexibility index (Phi) is 7.22. The molecule has 3 aliphatic rings. The van der Waals surface area contributed by atoms with Crippen molar-refractivity contribution < 1.29 is 17.9 Å². The molecular weight excluding hydrogens is 585 g/mol. The molecule has 2 saturated heterocycles. The maximum atomic E-state index is 14.2. The molecule has 0 aliphatic carbocycles. The zero-order chi connectivity index (χ0) is 29.7. The van der Waals surface area contributed by atoms with Crippen molar-refractivity contribution in [3.8, 4) is 0 Å². The van der Waals surface area contributed by atoms with E-state index in [1.165, 1.54) is 0 Å². The van der Waals surface area contributed by atoms with Crippen LogP contribution in [0.25, 0.3) is 10.9 Å². The van der Waals surface area contributed by atoms with E-state index in [4.69, 9.17) is 16.3 Å². The van der Waals surface area contributed by atoms with Crippen LogP contribution in [-0.4, -0.2) is 101 Å². The van der Waals surface area contributed by atoms with Gasteiger partial charge in [0.05, 0.1) is 13.2 Å². The van der Waals surface area contributed by atoms with Crippen LogP contribution in [0.4, 0.5) is 31.0 Å². The Balaban J connectivity index is 1.34. The first kappa shape index (κ1) is 28.0. The Morgan fingerprint density at radius 2 is 1.58 bits per heavy atom. The van der Waals surface area contributed by atoms with Crippen LogP contribution in [0.1, 0.15) is 28.7 Å². The molecule has 6 heterocycles. The number of likely N-dealkylation sites (N-methyl/N-ethyl adjacent to an activating group) is 1. The highest BCUT2D eigenvalue weighted by molar-refractivity contribution is 6.31. The molecule has 0 bridgehead atoms. The van der Waals surface area contributed by atoms with Crippen molar-refractivity contribution in [2.24, 2.45) is 0 Å². The molecule has 0 radical (unpaired) electrons. The lowest BCUT2D eigenvalue weighted by molar-refractivity contribution is -0.145. The fraction of sp³-hybridized carbons (Fsp3) is 0.464. The number of benzene rings is 1. The quantitative estimate of drug-likeness (QED) is 0.367. The van der Waals surface area contributed by atoms with Crippen molar-refractivity contribution in [3.05, 3.63) is 58.3 Å². The van der Waals surface area contributed by atoms with Gasteiger partial charge in [-0.15, -0.1) is 0 Å². The SMILES string of the molecule is CN1CCN(c2nc(N3CCc4c([nH]c5ccc(Cl)cc45)[C@@H]3c3cnc(N4CCOCC4)nc3)nc(C(F)(F)F)n2)CC1. The normalized spacial score (nSPS) is 20.1. The smallest absolute Gasteiger partial charge is 0.378 e. The zero-order valence-corrected chi connectivity index (χ0v) is 24.2. The number of aromatic amines is 1. The number of fused-ring (bicyclic) bond motifs is 3. The van der Waals surface area contributed by atoms with Crippen molar-refractivity contribution in [2.75, 3.05) is 80.8 Å². The number of hydrogen-bond donors (Lipinski definition) is 1. The molecule has 2 fully saturated rings. The van der Waals surface area contributed by atoms with Crippen LogP contribution < -0.4 is 14.7 Å². The van der Waals surface area contributed by atoms with Crippen LogP contribution in [0.2, 0.25) is 5.02 Å². The van der Waals surface area contributed by atoms with Gasteiger partial charge in [0.1, 0.15) is 6.04 Å². The second-order valence-corrected chi connectivity index (χ2v) is 11.5. The van der Waals surface area contributed by atoms with Crippen molar-refractivity contribution in [2.45, 2.75) is 18.6 Å². The van der Waals surface area contributed by atoms with Gasteiger partial charge in [0.25, 0.3) is 0 Å². The van der Waals surface area contributed by atoms with E-state index < -0.39 is 18.0 Å². The van der Waals surface area contributed by atoms with E-state index in [9.17, 15) is 13.2 Å². The van der Waals surface area contributed by atoms with Gasteiger partial charge in [-0.1, -0.05) is 11.6 Å². The zero-order valence-electron chi connectivity index (χ0n) is 23.5. The summed E-state index contributed by atoms with van der Waals surface area (Å²) < 4.78 is 47.9. The number of piperazine rings is 1. The Hall–Kier alpha value is -3.75. The minimum absolute atomic E-state index is 0.0253. The van der Waals surface area contributed by atoms with Crippen LogP contribution in [0.3, 0.4) is 0 Å². The van der Waals surface area contributed by atoms with E-state index in [1.54, 1.807) is 22.2 Å². The minimum Gasteiger partial charge on any atom is -0.378 e. The standard InChI is InChI=1S/C28H30ClF3N10O/c1-39-6-8-40(9-7-39)26-36-24(28(30,31)32)37-27(38-26)42-5-4-19-20-14-18(29)2-3-21(20)35-22(19)23(42)17-15-33-25(34-16-17)41-10-12-43-13-11-41/h2-3,14-16,23,35H,4-13H2,1H3/t23-/m0/s1. The molecule has 0 amide bonds. The van der Waals surface area contributed by atoms with Crippen molar-refractivity contribution >= 4 is 40.3 Å². The summed E-state index contributed by atoms with van der Waals surface area (Å²) in [6.45, 7) is 5.35. The summed E-state index contributed by atoms with van der Waals surface area (Å²) in [5, 5.41) is 1.58. The van der Waals surface area contributed by atoms with Gasteiger partial charge >= 0.3 is 6.18 Å². The van der Waals surface area contributed by atoms with Gasteiger partial charge in [0.15, 0.2) is 0 Å². The largest absolute Gasteiger partial charge is 0.451 e. The van der Waals surface area contributed by atoms with Gasteiger partial charge in [-0.2, -0.15) is 28.1 Å². The van der Waals surface area contributed by atoms with Crippen LogP contribution in [0.15, 0.2) is 30.6 Å². The van der Waals surface area contributed by atoms with Crippen LogP contribution in [0, 0.1) is 0 Å². The van der Waals surface area contributed by atoms with Crippen molar-refractivity contribution in [1.29, 1.82) is 0 Å². The number of morpholine rings is 1. The molecular formula is C28H30ClF3N10O. The summed E-state index contributed by atoms with van der Waals surface area (Å²) in [6.07, 6.45) is -0.724. The van der Waals surface area contributed by atoms with E-state index >= 15 is 0 Å². The third-order valence-corrected chi connectivity index (χ3v) is 8.50. The lowest BCUT2D eigenvalue weighted by Crippen LogP contribution is -2.45. The lowest BCUT2D eigenvalue weighted by atomic mass is 9.94. The number of ether oxygens (including phenoxy) is 1. The number of anilines is 3. The maximum Gasteiger partial charge on any atom is 0.451 e. The van der Waals surface area contributed by atoms with Crippen LogP contribution >= 0.6 is 11.6 Å². The van der Waals surface area contributed by atoms with Crippen molar-refractivity contribution in [1.82, 2.24) is 34.8 Å². The number of H-pyrrole nitrogens is 1. The van der Waals surface area contributed by atoms with E-state index in [-0.39, 0.29) is 11.9 Å². The molecule has 11 nitrogen and oxygen atoms in total. The van der Waals surface area contributed by atoms with Gasteiger partial charge in [-0.05, 0) is 37.2 Å². The van der Waals surface area contributed by atoms with E-state index in [0.717, 1.165) is 22.2 Å². The molecule has 1 aromatic carbocycles. The highest BCUT2D eigenvalue weighted by Crippen LogP contribution is 2.41. The predicted octanol–water partition coefficient (Wildman–Crippen LogP) is 3.56. The van der Waals surface area contributed by atoms with Crippen LogP contribution in [0.5, 0.6) is 0 Å². The number of nitrogens with zero attached hydrogens (tertiary/aromatic N) is 9. The first-order chi connectivity index (χ1) is 20.7. The molecule has 0 unspecified atom stereocenters. The first-order valence-electron chi connectivity index (χ1n) is 14.2. The molecule has 3 aliphatic heterocycles. The molecule has 43 heavy (non-hydrogen) atoms. The fourth-order valence-corrected chi connectivity index (χ4v) is 6.15. The average Bonchev–Trinajstić information content (AvgIpc) is 3.38. The minimum atomic E-state index is -4.74. The number of alkyl halides is 3. The third-order valence-electron chi connectivity index (χ3n) is 8.27. The molecule has 15 heteroatoms. The van der Waals surface area contributed by atoms with Gasteiger partial charge < -0.3 is 29.3 Å². The topological polar surface area (TPSA) is 102 Å². The molecule has 7 rings (SSSR count). The summed E-state index contributed by atoms with van der Waals surface area (Å²) in [4.78, 5) is 33.1. The molecule has 0 spiro atoms. The number of rotatable bonds is 4. The molecule has 0 saturated carbocycles. The molecule has 3 aromatic heterocycles. The molecule has 226 valence electrons. The van der Waals surface area contributed by atoms with Gasteiger partial charge in [-0.3, -0.25) is 0 Å². The molecule has 1 N–H and O–H groups in total. The highest BCUT2D eigenvalue weighted by Gasteiger charge is 2.40. The van der Waals surface area contributed by atoms with Crippen molar-refractivity contribution in [3.63, 3.8) is 0 Å².